The van der Waals surface area contributed by atoms with Gasteiger partial charge in [-0.05, 0) is 119 Å². The highest BCUT2D eigenvalue weighted by atomic mass is 32.2. The van der Waals surface area contributed by atoms with Gasteiger partial charge in [0.15, 0.2) is 0 Å². The second-order valence-corrected chi connectivity index (χ2v) is 14.1. The summed E-state index contributed by atoms with van der Waals surface area (Å²) in [6.07, 6.45) is 12.0. The van der Waals surface area contributed by atoms with Crippen LogP contribution in [0.25, 0.3) is 0 Å². The molecule has 1 aromatic carbocycles. The Morgan fingerprint density at radius 1 is 0.972 bits per heavy atom. The molecule has 36 heavy (non-hydrogen) atoms. The fraction of sp³-hybridized carbons (Fsp3) is 0.643. The number of anilines is 1. The summed E-state index contributed by atoms with van der Waals surface area (Å²) in [7, 11) is -3.68. The van der Waals surface area contributed by atoms with Crippen LogP contribution in [-0.4, -0.2) is 42.7 Å². The van der Waals surface area contributed by atoms with Gasteiger partial charge in [0.05, 0.1) is 10.3 Å². The first-order valence-corrected chi connectivity index (χ1v) is 15.0. The van der Waals surface area contributed by atoms with Crippen LogP contribution in [0.2, 0.25) is 0 Å². The maximum Gasteiger partial charge on any atom is 0.243 e. The average Bonchev–Trinajstić information content (AvgIpc) is 2.82. The Balaban J connectivity index is 1.15. The molecule has 1 saturated heterocycles. The third kappa shape index (κ3) is 4.01. The van der Waals surface area contributed by atoms with E-state index in [1.165, 1.54) is 25.3 Å². The highest BCUT2D eigenvalue weighted by molar-refractivity contribution is 7.89. The molecule has 5 aliphatic carbocycles. The predicted molar refractivity (Wildman–Crippen MR) is 138 cm³/mol. The summed E-state index contributed by atoms with van der Waals surface area (Å²) < 4.78 is 29.0. The van der Waals surface area contributed by atoms with Gasteiger partial charge in [-0.25, -0.2) is 8.42 Å². The van der Waals surface area contributed by atoms with Crippen LogP contribution in [0.3, 0.4) is 0 Å². The molecule has 0 radical (unpaired) electrons. The maximum absolute atomic E-state index is 13.7. The van der Waals surface area contributed by atoms with Crippen molar-refractivity contribution in [3.8, 4) is 0 Å². The Morgan fingerprint density at radius 2 is 1.58 bits per heavy atom. The third-order valence-corrected chi connectivity index (χ3v) is 11.9. The van der Waals surface area contributed by atoms with Gasteiger partial charge in [-0.2, -0.15) is 4.31 Å². The Labute approximate surface area is 214 Å². The second kappa shape index (κ2) is 8.69. The van der Waals surface area contributed by atoms with Gasteiger partial charge in [0, 0.05) is 23.8 Å². The van der Waals surface area contributed by atoms with E-state index in [9.17, 15) is 18.0 Å². The van der Waals surface area contributed by atoms with Gasteiger partial charge >= 0.3 is 0 Å². The van der Waals surface area contributed by atoms with Crippen molar-refractivity contribution in [2.45, 2.75) is 87.1 Å². The van der Waals surface area contributed by atoms with Crippen molar-refractivity contribution in [2.75, 3.05) is 11.9 Å². The highest BCUT2D eigenvalue weighted by Gasteiger charge is 2.55. The lowest BCUT2D eigenvalue weighted by molar-refractivity contribution is -0.140. The summed E-state index contributed by atoms with van der Waals surface area (Å²) in [5, 5.41) is 6.09. The lowest BCUT2D eigenvalue weighted by Gasteiger charge is -2.55. The number of benzene rings is 1. The molecular formula is C28H37N3O4S. The van der Waals surface area contributed by atoms with Crippen molar-refractivity contribution < 1.29 is 18.0 Å². The molecule has 5 saturated carbocycles. The predicted octanol–water partition coefficient (Wildman–Crippen LogP) is 4.22. The molecule has 1 heterocycles. The summed E-state index contributed by atoms with van der Waals surface area (Å²) in [6, 6.07) is 6.68. The Kier molecular flexibility index (Phi) is 5.83. The number of sulfonamides is 1. The quantitative estimate of drug-likeness (QED) is 0.559. The minimum atomic E-state index is -3.68. The Morgan fingerprint density at radius 3 is 2.11 bits per heavy atom. The molecule has 4 bridgehead atoms. The second-order valence-electron chi connectivity index (χ2n) is 12.2. The first-order valence-electron chi connectivity index (χ1n) is 13.6. The van der Waals surface area contributed by atoms with Gasteiger partial charge in [0.2, 0.25) is 21.8 Å². The summed E-state index contributed by atoms with van der Waals surface area (Å²) in [4.78, 5) is 25.4. The van der Waals surface area contributed by atoms with Crippen molar-refractivity contribution in [1.82, 2.24) is 9.62 Å². The SMILES string of the molecule is C=CC(=O)NC1CCN(S(=O)(=O)c2ccc(NC(=O)C34CC5CC(CC(C5)C3)C4)cc2)C2(CCC2)C1. The molecule has 1 unspecified atom stereocenters. The number of rotatable bonds is 6. The van der Waals surface area contributed by atoms with Crippen LogP contribution >= 0.6 is 0 Å². The third-order valence-electron chi connectivity index (χ3n) is 9.87. The summed E-state index contributed by atoms with van der Waals surface area (Å²) in [5.74, 6) is 2.00. The van der Waals surface area contributed by atoms with Crippen molar-refractivity contribution in [1.29, 1.82) is 0 Å². The van der Waals surface area contributed by atoms with Gasteiger partial charge < -0.3 is 10.6 Å². The normalized spacial score (nSPS) is 34.7. The van der Waals surface area contributed by atoms with E-state index in [0.29, 0.717) is 42.8 Å². The van der Waals surface area contributed by atoms with E-state index in [1.54, 1.807) is 28.6 Å². The average molecular weight is 512 g/mol. The van der Waals surface area contributed by atoms with Crippen LogP contribution in [0.5, 0.6) is 0 Å². The van der Waals surface area contributed by atoms with Gasteiger partial charge in [-0.1, -0.05) is 6.58 Å². The van der Waals surface area contributed by atoms with Crippen LogP contribution in [0.15, 0.2) is 41.8 Å². The van der Waals surface area contributed by atoms with E-state index in [0.717, 1.165) is 38.5 Å². The summed E-state index contributed by atoms with van der Waals surface area (Å²) >= 11 is 0. The van der Waals surface area contributed by atoms with Crippen molar-refractivity contribution in [3.63, 3.8) is 0 Å². The minimum absolute atomic E-state index is 0.0376. The zero-order chi connectivity index (χ0) is 25.1. The number of carbonyl (C=O) groups is 2. The zero-order valence-corrected chi connectivity index (χ0v) is 21.7. The van der Waals surface area contributed by atoms with Gasteiger partial charge in [-0.3, -0.25) is 9.59 Å². The molecule has 7 rings (SSSR count). The number of carbonyl (C=O) groups excluding carboxylic acids is 2. The lowest BCUT2D eigenvalue weighted by atomic mass is 9.49. The Bertz CT molecular complexity index is 1140. The number of nitrogens with one attached hydrogen (secondary N) is 2. The molecule has 6 fully saturated rings. The molecular weight excluding hydrogens is 474 g/mol. The van der Waals surface area contributed by atoms with Crippen LogP contribution in [0, 0.1) is 23.2 Å². The number of hydrogen-bond donors (Lipinski definition) is 2. The Hall–Kier alpha value is -2.19. The minimum Gasteiger partial charge on any atom is -0.350 e. The number of piperidine rings is 1. The fourth-order valence-electron chi connectivity index (χ4n) is 8.46. The highest BCUT2D eigenvalue weighted by Crippen LogP contribution is 2.60. The van der Waals surface area contributed by atoms with E-state index >= 15 is 0 Å². The van der Waals surface area contributed by atoms with E-state index in [-0.39, 0.29) is 28.2 Å². The van der Waals surface area contributed by atoms with Gasteiger partial charge in [0.25, 0.3) is 0 Å². The summed E-state index contributed by atoms with van der Waals surface area (Å²) in [6.45, 7) is 3.90. The first kappa shape index (κ1) is 24.2. The lowest BCUT2D eigenvalue weighted by Crippen LogP contribution is -2.63. The molecule has 1 aliphatic heterocycles. The van der Waals surface area contributed by atoms with Crippen molar-refractivity contribution in [2.24, 2.45) is 23.2 Å². The van der Waals surface area contributed by atoms with Gasteiger partial charge in [0.1, 0.15) is 0 Å². The smallest absolute Gasteiger partial charge is 0.243 e. The van der Waals surface area contributed by atoms with Crippen molar-refractivity contribution >= 4 is 27.5 Å². The van der Waals surface area contributed by atoms with Crippen LogP contribution in [0.4, 0.5) is 5.69 Å². The van der Waals surface area contributed by atoms with E-state index in [4.69, 9.17) is 0 Å². The van der Waals surface area contributed by atoms with Gasteiger partial charge in [-0.15, -0.1) is 0 Å². The molecule has 2 amide bonds. The summed E-state index contributed by atoms with van der Waals surface area (Å²) in [5.41, 5.74) is 0.00201. The molecule has 6 aliphatic rings. The number of amides is 2. The molecule has 1 atom stereocenters. The van der Waals surface area contributed by atoms with Crippen LogP contribution in [0.1, 0.15) is 70.6 Å². The first-order chi connectivity index (χ1) is 17.2. The van der Waals surface area contributed by atoms with Crippen LogP contribution < -0.4 is 10.6 Å². The molecule has 2 N–H and O–H groups in total. The van der Waals surface area contributed by atoms with Crippen molar-refractivity contribution in [3.05, 3.63) is 36.9 Å². The van der Waals surface area contributed by atoms with E-state index < -0.39 is 15.6 Å². The molecule has 1 spiro atoms. The standard InChI is InChI=1S/C28H37N3O4S/c1-2-25(32)29-23-8-11-31(28(18-23)9-3-10-28)36(34,35)24-6-4-22(5-7-24)30-26(33)27-15-19-12-20(16-27)14-21(13-19)17-27/h2,4-7,19-21,23H,1,3,8-18H2,(H,29,32)(H,30,33). The molecule has 1 aromatic rings. The molecule has 8 heteroatoms. The number of hydrogen-bond acceptors (Lipinski definition) is 4. The molecule has 0 aromatic heterocycles. The van der Waals surface area contributed by atoms with E-state index in [1.807, 2.05) is 0 Å². The largest absolute Gasteiger partial charge is 0.350 e. The zero-order valence-electron chi connectivity index (χ0n) is 20.9. The molecule has 7 nitrogen and oxygen atoms in total. The number of nitrogens with zero attached hydrogens (tertiary/aromatic N) is 1. The fourth-order valence-corrected chi connectivity index (χ4v) is 10.3. The van der Waals surface area contributed by atoms with E-state index in [2.05, 4.69) is 17.2 Å². The maximum atomic E-state index is 13.7. The topological polar surface area (TPSA) is 95.6 Å². The monoisotopic (exact) mass is 511 g/mol. The molecule has 194 valence electrons. The van der Waals surface area contributed by atoms with Crippen LogP contribution in [-0.2, 0) is 19.6 Å².